The minimum absolute atomic E-state index is 0.0594. The number of carbonyl (C=O) groups excluding carboxylic acids is 3. The summed E-state index contributed by atoms with van der Waals surface area (Å²) in [6, 6.07) is 13.2. The first-order chi connectivity index (χ1) is 16.6. The molecule has 5 unspecified atom stereocenters. The maximum atomic E-state index is 13.3. The molecule has 0 aliphatic rings. The lowest BCUT2D eigenvalue weighted by Gasteiger charge is -2.26. The van der Waals surface area contributed by atoms with Gasteiger partial charge < -0.3 is 31.9 Å². The first-order valence-electron chi connectivity index (χ1n) is 11.2. The summed E-state index contributed by atoms with van der Waals surface area (Å²) in [4.78, 5) is 50.0. The van der Waals surface area contributed by atoms with E-state index in [-0.39, 0.29) is 12.8 Å². The highest BCUT2D eigenvalue weighted by Crippen LogP contribution is 2.08. The molecule has 0 aliphatic carbocycles. The van der Waals surface area contributed by atoms with Gasteiger partial charge in [0.05, 0.1) is 12.1 Å². The van der Waals surface area contributed by atoms with Gasteiger partial charge in [0.25, 0.3) is 0 Å². The van der Waals surface area contributed by atoms with Crippen LogP contribution in [0, 0.1) is 0 Å². The average molecular weight is 485 g/mol. The number of carboxylic acids is 1. The Labute approximate surface area is 203 Å². The van der Waals surface area contributed by atoms with E-state index in [1.165, 1.54) is 13.8 Å². The van der Waals surface area contributed by atoms with E-state index in [1.807, 2.05) is 6.07 Å². The molecule has 35 heavy (non-hydrogen) atoms. The molecule has 0 radical (unpaired) electrons. The second-order valence-corrected chi connectivity index (χ2v) is 8.36. The molecule has 0 saturated heterocycles. The Morgan fingerprint density at radius 2 is 1.14 bits per heavy atom. The van der Waals surface area contributed by atoms with Crippen molar-refractivity contribution in [2.75, 3.05) is 0 Å². The highest BCUT2D eigenvalue weighted by Gasteiger charge is 2.31. The highest BCUT2D eigenvalue weighted by molar-refractivity contribution is 5.94. The number of nitrogens with two attached hydrogens (primary N) is 1. The summed E-state index contributed by atoms with van der Waals surface area (Å²) in [7, 11) is 0. The molecule has 5 atom stereocenters. The number of carbonyl (C=O) groups is 4. The van der Waals surface area contributed by atoms with Crippen LogP contribution >= 0.6 is 0 Å². The molecule has 10 nitrogen and oxygen atoms in total. The second kappa shape index (κ2) is 13.2. The molecule has 7 N–H and O–H groups in total. The van der Waals surface area contributed by atoms with E-state index in [9.17, 15) is 29.4 Å². The van der Waals surface area contributed by atoms with Crippen LogP contribution in [0.2, 0.25) is 0 Å². The average Bonchev–Trinajstić information content (AvgIpc) is 2.82. The molecule has 2 rings (SSSR count). The minimum Gasteiger partial charge on any atom is -0.480 e. The number of aliphatic hydroxyl groups is 1. The van der Waals surface area contributed by atoms with E-state index in [0.717, 1.165) is 11.1 Å². The third-order valence-electron chi connectivity index (χ3n) is 5.29. The van der Waals surface area contributed by atoms with E-state index in [1.54, 1.807) is 54.6 Å². The smallest absolute Gasteiger partial charge is 0.328 e. The quantitative estimate of drug-likeness (QED) is 0.241. The summed E-state index contributed by atoms with van der Waals surface area (Å²) in [6.07, 6.45) is -1.15. The van der Waals surface area contributed by atoms with Crippen molar-refractivity contribution in [1.82, 2.24) is 16.0 Å². The Morgan fingerprint density at radius 3 is 1.51 bits per heavy atom. The second-order valence-electron chi connectivity index (χ2n) is 8.36. The van der Waals surface area contributed by atoms with Crippen LogP contribution in [-0.4, -0.2) is 64.2 Å². The van der Waals surface area contributed by atoms with Crippen molar-refractivity contribution in [3.63, 3.8) is 0 Å². The number of nitrogens with one attached hydrogen (secondary N) is 3. The molecule has 188 valence electrons. The van der Waals surface area contributed by atoms with Gasteiger partial charge in [-0.15, -0.1) is 0 Å². The van der Waals surface area contributed by atoms with E-state index in [4.69, 9.17) is 5.73 Å². The zero-order chi connectivity index (χ0) is 26.0. The van der Waals surface area contributed by atoms with E-state index >= 15 is 0 Å². The van der Waals surface area contributed by atoms with E-state index in [0.29, 0.717) is 0 Å². The van der Waals surface area contributed by atoms with Crippen LogP contribution in [0.15, 0.2) is 60.7 Å². The van der Waals surface area contributed by atoms with Crippen molar-refractivity contribution in [2.45, 2.75) is 57.0 Å². The van der Waals surface area contributed by atoms with Gasteiger partial charge in [0, 0.05) is 12.8 Å². The number of hydrogen-bond donors (Lipinski definition) is 6. The molecule has 0 aromatic heterocycles. The molecular weight excluding hydrogens is 452 g/mol. The molecule has 10 heteroatoms. The Balaban J connectivity index is 2.28. The molecule has 0 fully saturated rings. The molecule has 0 aliphatic heterocycles. The molecule has 2 aromatic carbocycles. The van der Waals surface area contributed by atoms with Crippen molar-refractivity contribution in [2.24, 2.45) is 5.73 Å². The Morgan fingerprint density at radius 1 is 0.743 bits per heavy atom. The zero-order valence-electron chi connectivity index (χ0n) is 19.7. The van der Waals surface area contributed by atoms with Crippen molar-refractivity contribution in [3.05, 3.63) is 71.8 Å². The summed E-state index contributed by atoms with van der Waals surface area (Å²) < 4.78 is 0. The molecule has 3 amide bonds. The largest absolute Gasteiger partial charge is 0.480 e. The molecule has 0 bridgehead atoms. The normalized spacial score (nSPS) is 15.1. The number of hydrogen-bond acceptors (Lipinski definition) is 6. The third-order valence-corrected chi connectivity index (χ3v) is 5.29. The summed E-state index contributed by atoms with van der Waals surface area (Å²) in [5.74, 6) is -3.37. The predicted molar refractivity (Wildman–Crippen MR) is 129 cm³/mol. The standard InChI is InChI=1S/C25H32N4O6/c1-15(26)22(31)27-19(13-17-9-5-3-6-10-17)23(32)28-20(14-18-11-7-4-8-12-18)24(33)29-21(16(2)30)25(34)35/h3-12,15-16,19-21,30H,13-14,26H2,1-2H3,(H,27,31)(H,28,32)(H,29,33)(H,34,35). The van der Waals surface area contributed by atoms with E-state index < -0.39 is 54.0 Å². The van der Waals surface area contributed by atoms with Crippen LogP contribution < -0.4 is 21.7 Å². The summed E-state index contributed by atoms with van der Waals surface area (Å²) in [5.41, 5.74) is 7.15. The van der Waals surface area contributed by atoms with Crippen molar-refractivity contribution < 1.29 is 29.4 Å². The topological polar surface area (TPSA) is 171 Å². The van der Waals surface area contributed by atoms with Crippen LogP contribution in [0.3, 0.4) is 0 Å². The van der Waals surface area contributed by atoms with Gasteiger partial charge in [-0.25, -0.2) is 4.79 Å². The van der Waals surface area contributed by atoms with Crippen molar-refractivity contribution >= 4 is 23.7 Å². The fourth-order valence-electron chi connectivity index (χ4n) is 3.34. The molecule has 2 aromatic rings. The lowest BCUT2D eigenvalue weighted by molar-refractivity contribution is -0.145. The Bertz CT molecular complexity index is 998. The molecular formula is C25H32N4O6. The Kier molecular flexibility index (Phi) is 10.4. The maximum absolute atomic E-state index is 13.3. The minimum atomic E-state index is -1.56. The number of carboxylic acid groups (broad SMARTS) is 1. The maximum Gasteiger partial charge on any atom is 0.328 e. The number of rotatable bonds is 12. The molecule has 0 heterocycles. The number of aliphatic hydroxyl groups excluding tert-OH is 1. The van der Waals surface area contributed by atoms with Crippen LogP contribution in [0.4, 0.5) is 0 Å². The van der Waals surface area contributed by atoms with Gasteiger partial charge in [-0.2, -0.15) is 0 Å². The van der Waals surface area contributed by atoms with Crippen LogP contribution in [-0.2, 0) is 32.0 Å². The monoisotopic (exact) mass is 484 g/mol. The first kappa shape index (κ1) is 27.5. The van der Waals surface area contributed by atoms with Gasteiger partial charge >= 0.3 is 5.97 Å². The molecule has 0 saturated carbocycles. The summed E-state index contributed by atoms with van der Waals surface area (Å²) >= 11 is 0. The van der Waals surface area contributed by atoms with Gasteiger partial charge in [-0.3, -0.25) is 14.4 Å². The number of benzene rings is 2. The zero-order valence-corrected chi connectivity index (χ0v) is 19.7. The fraction of sp³-hybridized carbons (Fsp3) is 0.360. The van der Waals surface area contributed by atoms with Crippen molar-refractivity contribution in [1.29, 1.82) is 0 Å². The molecule has 0 spiro atoms. The van der Waals surface area contributed by atoms with Gasteiger partial charge in [0.2, 0.25) is 17.7 Å². The number of aliphatic carboxylic acids is 1. The fourth-order valence-corrected chi connectivity index (χ4v) is 3.34. The van der Waals surface area contributed by atoms with Gasteiger partial charge in [0.15, 0.2) is 6.04 Å². The lowest BCUT2D eigenvalue weighted by Crippen LogP contribution is -2.59. The highest BCUT2D eigenvalue weighted by atomic mass is 16.4. The SMILES string of the molecule is CC(N)C(=O)NC(Cc1ccccc1)C(=O)NC(Cc1ccccc1)C(=O)NC(C(=O)O)C(C)O. The van der Waals surface area contributed by atoms with Gasteiger partial charge in [0.1, 0.15) is 12.1 Å². The lowest BCUT2D eigenvalue weighted by atomic mass is 10.0. The predicted octanol–water partition coefficient (Wildman–Crippen LogP) is -0.261. The number of amides is 3. The van der Waals surface area contributed by atoms with Crippen LogP contribution in [0.1, 0.15) is 25.0 Å². The van der Waals surface area contributed by atoms with Gasteiger partial charge in [-0.1, -0.05) is 60.7 Å². The van der Waals surface area contributed by atoms with Crippen molar-refractivity contribution in [3.8, 4) is 0 Å². The van der Waals surface area contributed by atoms with Crippen LogP contribution in [0.25, 0.3) is 0 Å². The summed E-state index contributed by atoms with van der Waals surface area (Å²) in [5, 5.41) is 26.6. The van der Waals surface area contributed by atoms with Crippen LogP contribution in [0.5, 0.6) is 0 Å². The third kappa shape index (κ3) is 8.84. The first-order valence-corrected chi connectivity index (χ1v) is 11.2. The van der Waals surface area contributed by atoms with Gasteiger partial charge in [-0.05, 0) is 25.0 Å². The summed E-state index contributed by atoms with van der Waals surface area (Å²) in [6.45, 7) is 2.73. The Hall–Kier alpha value is -3.76. The van der Waals surface area contributed by atoms with E-state index in [2.05, 4.69) is 16.0 Å².